The molecule has 0 bridgehead atoms. The highest BCUT2D eigenvalue weighted by atomic mass is 19.1. The monoisotopic (exact) mass is 429 g/mol. The SMILES string of the molecule is NC12CC1CCN(c1cc3c(cc1F)c(=O)c(C(=O)O)cn3-c1ccc(F)cc1F)C2. The number of halogens is 3. The van der Waals surface area contributed by atoms with Crippen LogP contribution in [0.4, 0.5) is 18.9 Å². The summed E-state index contributed by atoms with van der Waals surface area (Å²) in [6, 6.07) is 5.17. The number of carboxylic acids is 1. The van der Waals surface area contributed by atoms with E-state index in [0.717, 1.165) is 41.8 Å². The number of rotatable bonds is 3. The molecule has 0 spiro atoms. The van der Waals surface area contributed by atoms with Crippen molar-refractivity contribution in [2.24, 2.45) is 11.7 Å². The number of benzene rings is 2. The van der Waals surface area contributed by atoms with Gasteiger partial charge < -0.3 is 20.3 Å². The zero-order chi connectivity index (χ0) is 22.1. The Labute approximate surface area is 174 Å². The van der Waals surface area contributed by atoms with E-state index in [1.165, 1.54) is 6.07 Å². The molecule has 6 nitrogen and oxygen atoms in total. The number of nitrogens with two attached hydrogens (primary N) is 1. The minimum absolute atomic E-state index is 0.112. The lowest BCUT2D eigenvalue weighted by atomic mass is 10.0. The Balaban J connectivity index is 1.77. The minimum Gasteiger partial charge on any atom is -0.477 e. The molecular formula is C22H18F3N3O3. The van der Waals surface area contributed by atoms with Gasteiger partial charge in [0.2, 0.25) is 5.43 Å². The van der Waals surface area contributed by atoms with Crippen LogP contribution in [0.1, 0.15) is 23.2 Å². The summed E-state index contributed by atoms with van der Waals surface area (Å²) < 4.78 is 44.2. The van der Waals surface area contributed by atoms with Crippen LogP contribution in [0.3, 0.4) is 0 Å². The van der Waals surface area contributed by atoms with Gasteiger partial charge in [-0.2, -0.15) is 0 Å². The third kappa shape index (κ3) is 3.07. The van der Waals surface area contributed by atoms with Crippen LogP contribution in [0.5, 0.6) is 0 Å². The number of nitrogens with zero attached hydrogens (tertiary/aromatic N) is 2. The topological polar surface area (TPSA) is 88.6 Å². The summed E-state index contributed by atoms with van der Waals surface area (Å²) >= 11 is 0. The maximum Gasteiger partial charge on any atom is 0.341 e. The molecule has 2 heterocycles. The quantitative estimate of drug-likeness (QED) is 0.668. The number of hydrogen-bond donors (Lipinski definition) is 2. The number of aromatic carboxylic acids is 1. The highest BCUT2D eigenvalue weighted by Gasteiger charge is 2.54. The molecule has 0 amide bonds. The maximum absolute atomic E-state index is 15.0. The average Bonchev–Trinajstić information content (AvgIpc) is 3.39. The van der Waals surface area contributed by atoms with Gasteiger partial charge in [-0.15, -0.1) is 0 Å². The van der Waals surface area contributed by atoms with Crippen LogP contribution >= 0.6 is 0 Å². The summed E-state index contributed by atoms with van der Waals surface area (Å²) in [5.41, 5.74) is 4.55. The van der Waals surface area contributed by atoms with E-state index in [0.29, 0.717) is 25.1 Å². The average molecular weight is 429 g/mol. The van der Waals surface area contributed by atoms with Crippen LogP contribution in [0.15, 0.2) is 41.3 Å². The fourth-order valence-corrected chi connectivity index (χ4v) is 4.54. The number of carboxylic acid groups (broad SMARTS) is 1. The Morgan fingerprint density at radius 3 is 2.55 bits per heavy atom. The first-order valence-electron chi connectivity index (χ1n) is 9.79. The fraction of sp³-hybridized carbons (Fsp3) is 0.273. The van der Waals surface area contributed by atoms with Crippen LogP contribution in [-0.2, 0) is 0 Å². The molecule has 2 atom stereocenters. The van der Waals surface area contributed by atoms with Crippen molar-refractivity contribution in [2.45, 2.75) is 18.4 Å². The lowest BCUT2D eigenvalue weighted by Crippen LogP contribution is -2.45. The molecule has 1 aliphatic carbocycles. The molecule has 0 radical (unpaired) electrons. The van der Waals surface area contributed by atoms with Crippen LogP contribution < -0.4 is 16.1 Å². The van der Waals surface area contributed by atoms with E-state index in [1.54, 1.807) is 4.90 Å². The molecule has 3 aromatic rings. The summed E-state index contributed by atoms with van der Waals surface area (Å²) in [6.45, 7) is 1.02. The van der Waals surface area contributed by atoms with Crippen molar-refractivity contribution in [1.82, 2.24) is 4.57 Å². The summed E-state index contributed by atoms with van der Waals surface area (Å²) in [4.78, 5) is 26.1. The molecule has 1 saturated heterocycles. The van der Waals surface area contributed by atoms with Gasteiger partial charge in [-0.05, 0) is 43.0 Å². The van der Waals surface area contributed by atoms with Gasteiger partial charge in [0.1, 0.15) is 23.0 Å². The molecule has 5 rings (SSSR count). The molecule has 2 aromatic carbocycles. The van der Waals surface area contributed by atoms with Gasteiger partial charge in [0.25, 0.3) is 0 Å². The van der Waals surface area contributed by atoms with E-state index in [1.807, 2.05) is 0 Å². The summed E-state index contributed by atoms with van der Waals surface area (Å²) in [5.74, 6) is -3.57. The first-order chi connectivity index (χ1) is 14.7. The highest BCUT2D eigenvalue weighted by molar-refractivity contribution is 5.94. The zero-order valence-electron chi connectivity index (χ0n) is 16.2. The summed E-state index contributed by atoms with van der Waals surface area (Å²) in [5, 5.41) is 9.20. The van der Waals surface area contributed by atoms with Gasteiger partial charge in [-0.25, -0.2) is 18.0 Å². The Morgan fingerprint density at radius 1 is 1.13 bits per heavy atom. The largest absolute Gasteiger partial charge is 0.477 e. The van der Waals surface area contributed by atoms with E-state index in [9.17, 15) is 23.5 Å². The normalized spacial score (nSPS) is 22.5. The second-order valence-corrected chi connectivity index (χ2v) is 8.31. The lowest BCUT2D eigenvalue weighted by molar-refractivity contribution is 0.0695. The lowest BCUT2D eigenvalue weighted by Gasteiger charge is -2.33. The summed E-state index contributed by atoms with van der Waals surface area (Å²) in [6.07, 6.45) is 2.65. The first kappa shape index (κ1) is 19.6. The smallest absolute Gasteiger partial charge is 0.341 e. The van der Waals surface area contributed by atoms with Crippen molar-refractivity contribution >= 4 is 22.6 Å². The molecule has 160 valence electrons. The van der Waals surface area contributed by atoms with Gasteiger partial charge in [-0.3, -0.25) is 4.79 Å². The Morgan fingerprint density at radius 2 is 1.87 bits per heavy atom. The second-order valence-electron chi connectivity index (χ2n) is 8.31. The van der Waals surface area contributed by atoms with Gasteiger partial charge >= 0.3 is 5.97 Å². The molecule has 2 unspecified atom stereocenters. The number of hydrogen-bond acceptors (Lipinski definition) is 4. The Kier molecular flexibility index (Phi) is 4.17. The molecule has 3 N–H and O–H groups in total. The number of fused-ring (bicyclic) bond motifs is 2. The Hall–Kier alpha value is -3.33. The fourth-order valence-electron chi connectivity index (χ4n) is 4.54. The van der Waals surface area contributed by atoms with Gasteiger partial charge in [0.05, 0.1) is 16.9 Å². The van der Waals surface area contributed by atoms with Crippen LogP contribution in [-0.4, -0.2) is 34.3 Å². The first-order valence-corrected chi connectivity index (χ1v) is 9.79. The zero-order valence-corrected chi connectivity index (χ0v) is 16.2. The van der Waals surface area contributed by atoms with Crippen molar-refractivity contribution in [3.63, 3.8) is 0 Å². The number of pyridine rings is 1. The van der Waals surface area contributed by atoms with E-state index in [-0.39, 0.29) is 27.8 Å². The molecule has 2 aliphatic rings. The highest BCUT2D eigenvalue weighted by Crippen LogP contribution is 2.48. The van der Waals surface area contributed by atoms with Crippen LogP contribution in [0.25, 0.3) is 16.6 Å². The van der Waals surface area contributed by atoms with Gasteiger partial charge in [0, 0.05) is 36.3 Å². The van der Waals surface area contributed by atoms with Crippen LogP contribution in [0, 0.1) is 23.4 Å². The van der Waals surface area contributed by atoms with Crippen molar-refractivity contribution in [3.8, 4) is 5.69 Å². The Bertz CT molecular complexity index is 1320. The van der Waals surface area contributed by atoms with Crippen molar-refractivity contribution in [1.29, 1.82) is 0 Å². The summed E-state index contributed by atoms with van der Waals surface area (Å²) in [7, 11) is 0. The van der Waals surface area contributed by atoms with Crippen molar-refractivity contribution in [2.75, 3.05) is 18.0 Å². The number of piperidine rings is 1. The molecule has 2 fully saturated rings. The third-order valence-corrected chi connectivity index (χ3v) is 6.32. The van der Waals surface area contributed by atoms with E-state index in [4.69, 9.17) is 5.73 Å². The van der Waals surface area contributed by atoms with Gasteiger partial charge in [-0.1, -0.05) is 0 Å². The maximum atomic E-state index is 15.0. The molecular weight excluding hydrogens is 411 g/mol. The predicted molar refractivity (Wildman–Crippen MR) is 108 cm³/mol. The van der Waals surface area contributed by atoms with E-state index >= 15 is 4.39 Å². The second kappa shape index (κ2) is 6.58. The van der Waals surface area contributed by atoms with Crippen LogP contribution in [0.2, 0.25) is 0 Å². The number of anilines is 1. The molecule has 9 heteroatoms. The number of aromatic nitrogens is 1. The standard InChI is InChI=1S/C22H18F3N3O3/c23-12-1-2-17(15(24)5-12)28-9-14(21(30)31)20(29)13-6-16(25)19(7-18(13)28)27-4-3-11-8-22(11,26)10-27/h1-2,5-7,9,11H,3-4,8,10,26H2,(H,30,31). The van der Waals surface area contributed by atoms with E-state index < -0.39 is 34.4 Å². The number of carbonyl (C=O) groups is 1. The molecule has 1 aliphatic heterocycles. The predicted octanol–water partition coefficient (Wildman–Crippen LogP) is 3.03. The van der Waals surface area contributed by atoms with Crippen molar-refractivity contribution in [3.05, 3.63) is 69.8 Å². The van der Waals surface area contributed by atoms with E-state index in [2.05, 4.69) is 0 Å². The molecule has 31 heavy (non-hydrogen) atoms. The minimum atomic E-state index is -1.53. The molecule has 1 saturated carbocycles. The molecule has 1 aromatic heterocycles. The third-order valence-electron chi connectivity index (χ3n) is 6.32. The van der Waals surface area contributed by atoms with Crippen molar-refractivity contribution < 1.29 is 23.1 Å². The van der Waals surface area contributed by atoms with Gasteiger partial charge in [0.15, 0.2) is 0 Å².